The number of amides is 1. The van der Waals surface area contributed by atoms with Crippen molar-refractivity contribution in [1.82, 2.24) is 10.3 Å². The normalized spacial score (nSPS) is 16.3. The summed E-state index contributed by atoms with van der Waals surface area (Å²) in [6.45, 7) is 1.03. The zero-order valence-corrected chi connectivity index (χ0v) is 13.7. The van der Waals surface area contributed by atoms with Gasteiger partial charge in [0.15, 0.2) is 11.5 Å². The van der Waals surface area contributed by atoms with Gasteiger partial charge in [-0.3, -0.25) is 4.79 Å². The SMILES string of the molecule is CSc1nc(C(=O)NCCC2COc3ccccc3O2)cs1. The average molecular weight is 336 g/mol. The second-order valence-electron chi connectivity index (χ2n) is 4.74. The van der Waals surface area contributed by atoms with Crippen molar-refractivity contribution in [3.05, 3.63) is 35.3 Å². The van der Waals surface area contributed by atoms with Crippen LogP contribution in [0.3, 0.4) is 0 Å². The molecular formula is C15H16N2O3S2. The van der Waals surface area contributed by atoms with Gasteiger partial charge in [-0.15, -0.1) is 11.3 Å². The van der Waals surface area contributed by atoms with E-state index in [1.807, 2.05) is 30.5 Å². The molecule has 0 saturated carbocycles. The molecule has 0 aliphatic carbocycles. The number of carbonyl (C=O) groups is 1. The highest BCUT2D eigenvalue weighted by molar-refractivity contribution is 8.00. The van der Waals surface area contributed by atoms with Crippen LogP contribution in [0.15, 0.2) is 34.0 Å². The summed E-state index contributed by atoms with van der Waals surface area (Å²) in [4.78, 5) is 16.2. The lowest BCUT2D eigenvalue weighted by molar-refractivity contribution is 0.0811. The Balaban J connectivity index is 1.47. The zero-order valence-electron chi connectivity index (χ0n) is 12.1. The van der Waals surface area contributed by atoms with E-state index in [9.17, 15) is 4.79 Å². The van der Waals surface area contributed by atoms with Crippen molar-refractivity contribution in [2.24, 2.45) is 0 Å². The van der Waals surface area contributed by atoms with Gasteiger partial charge in [-0.2, -0.15) is 0 Å². The first-order valence-electron chi connectivity index (χ1n) is 6.92. The highest BCUT2D eigenvalue weighted by Gasteiger charge is 2.20. The van der Waals surface area contributed by atoms with Gasteiger partial charge in [0.05, 0.1) is 0 Å². The highest BCUT2D eigenvalue weighted by atomic mass is 32.2. The highest BCUT2D eigenvalue weighted by Crippen LogP contribution is 2.31. The minimum absolute atomic E-state index is 0.0487. The van der Waals surface area contributed by atoms with Gasteiger partial charge in [-0.05, 0) is 18.4 Å². The second kappa shape index (κ2) is 7.02. The molecule has 2 heterocycles. The number of nitrogens with zero attached hydrogens (tertiary/aromatic N) is 1. The van der Waals surface area contributed by atoms with Crippen LogP contribution in [0.5, 0.6) is 11.5 Å². The standard InChI is InChI=1S/C15H16N2O3S2/c1-21-15-17-11(9-22-15)14(18)16-7-6-10-8-19-12-4-2-3-5-13(12)20-10/h2-5,9-10H,6-8H2,1H3,(H,16,18). The number of fused-ring (bicyclic) bond motifs is 1. The van der Waals surface area contributed by atoms with Crippen LogP contribution in [0.2, 0.25) is 0 Å². The molecule has 1 aliphatic rings. The van der Waals surface area contributed by atoms with E-state index in [-0.39, 0.29) is 12.0 Å². The van der Waals surface area contributed by atoms with Crippen molar-refractivity contribution in [2.75, 3.05) is 19.4 Å². The average Bonchev–Trinajstić information content (AvgIpc) is 3.04. The lowest BCUT2D eigenvalue weighted by Gasteiger charge is -2.26. The molecule has 1 unspecified atom stereocenters. The van der Waals surface area contributed by atoms with Crippen LogP contribution in [-0.2, 0) is 0 Å². The molecule has 1 aromatic carbocycles. The van der Waals surface area contributed by atoms with Gasteiger partial charge in [-0.1, -0.05) is 23.9 Å². The summed E-state index contributed by atoms with van der Waals surface area (Å²) in [5.41, 5.74) is 0.473. The summed E-state index contributed by atoms with van der Waals surface area (Å²) in [6.07, 6.45) is 2.59. The Morgan fingerprint density at radius 2 is 2.27 bits per heavy atom. The Morgan fingerprint density at radius 3 is 3.05 bits per heavy atom. The molecule has 3 rings (SSSR count). The quantitative estimate of drug-likeness (QED) is 0.851. The van der Waals surface area contributed by atoms with Crippen molar-refractivity contribution in [3.8, 4) is 11.5 Å². The molecule has 7 heteroatoms. The second-order valence-corrected chi connectivity index (χ2v) is 6.66. The largest absolute Gasteiger partial charge is 0.486 e. The fourth-order valence-electron chi connectivity index (χ4n) is 2.10. The van der Waals surface area contributed by atoms with Crippen LogP contribution in [0.25, 0.3) is 0 Å². The van der Waals surface area contributed by atoms with Gasteiger partial charge < -0.3 is 14.8 Å². The third-order valence-electron chi connectivity index (χ3n) is 3.21. The topological polar surface area (TPSA) is 60.5 Å². The number of rotatable bonds is 5. The third-order valence-corrected chi connectivity index (χ3v) is 5.07. The molecule has 1 N–H and O–H groups in total. The first kappa shape index (κ1) is 15.2. The monoisotopic (exact) mass is 336 g/mol. The molecule has 0 radical (unpaired) electrons. The van der Waals surface area contributed by atoms with E-state index in [1.54, 1.807) is 5.38 Å². The fourth-order valence-corrected chi connectivity index (χ4v) is 3.34. The number of carbonyl (C=O) groups excluding carboxylic acids is 1. The number of ether oxygens (including phenoxy) is 2. The third kappa shape index (κ3) is 3.53. The Bertz CT molecular complexity index is 660. The van der Waals surface area contributed by atoms with E-state index in [0.717, 1.165) is 15.8 Å². The Morgan fingerprint density at radius 1 is 1.45 bits per heavy atom. The molecule has 0 bridgehead atoms. The van der Waals surface area contributed by atoms with E-state index in [4.69, 9.17) is 9.47 Å². The molecule has 22 heavy (non-hydrogen) atoms. The van der Waals surface area contributed by atoms with Crippen LogP contribution in [-0.4, -0.2) is 36.4 Å². The smallest absolute Gasteiger partial charge is 0.270 e. The minimum Gasteiger partial charge on any atom is -0.486 e. The first-order valence-corrected chi connectivity index (χ1v) is 9.03. The lowest BCUT2D eigenvalue weighted by atomic mass is 10.2. The van der Waals surface area contributed by atoms with Gasteiger partial charge in [0.1, 0.15) is 22.7 Å². The molecule has 0 spiro atoms. The minimum atomic E-state index is -0.145. The van der Waals surface area contributed by atoms with Crippen molar-refractivity contribution in [2.45, 2.75) is 16.9 Å². The maximum atomic E-state index is 12.0. The molecule has 1 aliphatic heterocycles. The summed E-state index contributed by atoms with van der Waals surface area (Å²) >= 11 is 3.02. The van der Waals surface area contributed by atoms with E-state index in [0.29, 0.717) is 25.3 Å². The molecule has 1 atom stereocenters. The summed E-state index contributed by atoms with van der Waals surface area (Å²) in [7, 11) is 0. The Labute approximate surface area is 137 Å². The number of para-hydroxylation sites is 2. The summed E-state index contributed by atoms with van der Waals surface area (Å²) in [5.74, 6) is 1.39. The number of hydrogen-bond acceptors (Lipinski definition) is 6. The maximum Gasteiger partial charge on any atom is 0.270 e. The lowest BCUT2D eigenvalue weighted by Crippen LogP contribution is -2.34. The Hall–Kier alpha value is -1.73. The zero-order chi connectivity index (χ0) is 15.4. The van der Waals surface area contributed by atoms with E-state index in [1.165, 1.54) is 23.1 Å². The summed E-state index contributed by atoms with van der Waals surface area (Å²) in [5, 5.41) is 4.64. The molecular weight excluding hydrogens is 320 g/mol. The number of thiazole rings is 1. The van der Waals surface area contributed by atoms with Crippen molar-refractivity contribution in [3.63, 3.8) is 0 Å². The van der Waals surface area contributed by atoms with Crippen LogP contribution in [0.1, 0.15) is 16.9 Å². The fraction of sp³-hybridized carbons (Fsp3) is 0.333. The number of thioether (sulfide) groups is 1. The molecule has 1 amide bonds. The van der Waals surface area contributed by atoms with Crippen molar-refractivity contribution in [1.29, 1.82) is 0 Å². The molecule has 116 valence electrons. The van der Waals surface area contributed by atoms with Crippen molar-refractivity contribution < 1.29 is 14.3 Å². The predicted octanol–water partition coefficient (Wildman–Crippen LogP) is 2.82. The first-order chi connectivity index (χ1) is 10.8. The van der Waals surface area contributed by atoms with Gasteiger partial charge >= 0.3 is 0 Å². The number of benzene rings is 1. The van der Waals surface area contributed by atoms with Gasteiger partial charge in [0, 0.05) is 18.3 Å². The predicted molar refractivity (Wildman–Crippen MR) is 87.2 cm³/mol. The van der Waals surface area contributed by atoms with Crippen molar-refractivity contribution >= 4 is 29.0 Å². The van der Waals surface area contributed by atoms with Crippen LogP contribution >= 0.6 is 23.1 Å². The van der Waals surface area contributed by atoms with E-state index in [2.05, 4.69) is 10.3 Å². The molecule has 5 nitrogen and oxygen atoms in total. The molecule has 2 aromatic rings. The maximum absolute atomic E-state index is 12.0. The number of aromatic nitrogens is 1. The van der Waals surface area contributed by atoms with E-state index < -0.39 is 0 Å². The van der Waals surface area contributed by atoms with E-state index >= 15 is 0 Å². The van der Waals surface area contributed by atoms with Crippen LogP contribution < -0.4 is 14.8 Å². The number of hydrogen-bond donors (Lipinski definition) is 1. The van der Waals surface area contributed by atoms with Gasteiger partial charge in [0.2, 0.25) is 0 Å². The summed E-state index contributed by atoms with van der Waals surface area (Å²) < 4.78 is 12.4. The summed E-state index contributed by atoms with van der Waals surface area (Å²) in [6, 6.07) is 7.61. The molecule has 0 saturated heterocycles. The Kier molecular flexibility index (Phi) is 4.84. The van der Waals surface area contributed by atoms with Gasteiger partial charge in [0.25, 0.3) is 5.91 Å². The molecule has 0 fully saturated rings. The van der Waals surface area contributed by atoms with Crippen LogP contribution in [0, 0.1) is 0 Å². The van der Waals surface area contributed by atoms with Crippen LogP contribution in [0.4, 0.5) is 0 Å². The molecule has 1 aromatic heterocycles. The van der Waals surface area contributed by atoms with Gasteiger partial charge in [-0.25, -0.2) is 4.98 Å². The number of nitrogens with one attached hydrogen (secondary N) is 1.